The average molecular weight is 390 g/mol. The third-order valence-corrected chi connectivity index (χ3v) is 5.96. The van der Waals surface area contributed by atoms with Crippen molar-refractivity contribution >= 4 is 40.6 Å². The van der Waals surface area contributed by atoms with Crippen LogP contribution in [0.4, 0.5) is 5.69 Å². The molecular formula is C20H17Cl2NO3. The van der Waals surface area contributed by atoms with E-state index < -0.39 is 11.5 Å². The van der Waals surface area contributed by atoms with Crippen LogP contribution in [0.2, 0.25) is 10.0 Å². The molecule has 4 rings (SSSR count). The lowest BCUT2D eigenvalue weighted by Gasteiger charge is -2.44. The molecular weight excluding hydrogens is 373 g/mol. The van der Waals surface area contributed by atoms with E-state index >= 15 is 0 Å². The molecule has 6 heteroatoms. The molecule has 4 nitrogen and oxygen atoms in total. The molecule has 0 radical (unpaired) electrons. The number of carbonyl (C=O) groups is 2. The predicted octanol–water partition coefficient (Wildman–Crippen LogP) is 4.35. The Morgan fingerprint density at radius 1 is 1.08 bits per heavy atom. The highest BCUT2D eigenvalue weighted by Crippen LogP contribution is 2.55. The van der Waals surface area contributed by atoms with Gasteiger partial charge in [0, 0.05) is 41.6 Å². The Bertz CT molecular complexity index is 914. The fourth-order valence-electron chi connectivity index (χ4n) is 4.42. The van der Waals surface area contributed by atoms with Gasteiger partial charge in [0.1, 0.15) is 11.2 Å². The zero-order valence-electron chi connectivity index (χ0n) is 14.1. The molecule has 0 bridgehead atoms. The Morgan fingerprint density at radius 2 is 1.85 bits per heavy atom. The highest BCUT2D eigenvalue weighted by atomic mass is 35.5. The molecule has 26 heavy (non-hydrogen) atoms. The molecule has 1 aliphatic heterocycles. The maximum Gasteiger partial charge on any atom is 0.238 e. The smallest absolute Gasteiger partial charge is 0.238 e. The number of ketones is 1. The van der Waals surface area contributed by atoms with Crippen molar-refractivity contribution in [1.29, 1.82) is 0 Å². The van der Waals surface area contributed by atoms with Crippen LogP contribution in [0, 0.1) is 0 Å². The van der Waals surface area contributed by atoms with Gasteiger partial charge in [-0.3, -0.25) is 9.59 Å². The summed E-state index contributed by atoms with van der Waals surface area (Å²) >= 11 is 12.4. The lowest BCUT2D eigenvalue weighted by molar-refractivity contribution is -0.137. The molecule has 1 saturated carbocycles. The summed E-state index contributed by atoms with van der Waals surface area (Å²) in [6, 6.07) is 12.7. The number of hydrogen-bond acceptors (Lipinski definition) is 3. The first-order valence-corrected chi connectivity index (χ1v) is 9.14. The number of benzene rings is 2. The fraction of sp³-hybridized carbons (Fsp3) is 0.300. The minimum Gasteiger partial charge on any atom is -0.379 e. The highest BCUT2D eigenvalue weighted by molar-refractivity contribution is 6.31. The van der Waals surface area contributed by atoms with Crippen LogP contribution in [0.3, 0.4) is 0 Å². The minimum absolute atomic E-state index is 0.0655. The summed E-state index contributed by atoms with van der Waals surface area (Å²) in [6.07, 6.45) is -0.139. The van der Waals surface area contributed by atoms with Gasteiger partial charge in [-0.25, -0.2) is 0 Å². The molecule has 2 aliphatic rings. The van der Waals surface area contributed by atoms with Crippen LogP contribution in [0.15, 0.2) is 42.5 Å². The number of ether oxygens (including phenoxy) is 1. The molecule has 1 amide bonds. The van der Waals surface area contributed by atoms with Crippen molar-refractivity contribution in [2.75, 3.05) is 12.4 Å². The largest absolute Gasteiger partial charge is 0.379 e. The first-order valence-electron chi connectivity index (χ1n) is 8.38. The van der Waals surface area contributed by atoms with Gasteiger partial charge in [-0.15, -0.1) is 0 Å². The van der Waals surface area contributed by atoms with Crippen LogP contribution >= 0.6 is 23.2 Å². The Kier molecular flexibility index (Phi) is 4.30. The first-order chi connectivity index (χ1) is 12.5. The standard InChI is InChI=1S/C20H17Cl2NO3/c1-26-18-10-14(24)9-15(11-3-2-4-12(21)7-11)20(18)16-8-13(22)5-6-17(16)23-19(20)25/h2-8,15,18H,9-10H2,1H3,(H,23,25)/t15-,18-,20+/m0/s1. The molecule has 1 heterocycles. The van der Waals surface area contributed by atoms with Crippen LogP contribution in [-0.2, 0) is 19.7 Å². The first kappa shape index (κ1) is 17.5. The normalized spacial score (nSPS) is 27.5. The summed E-state index contributed by atoms with van der Waals surface area (Å²) < 4.78 is 5.69. The average Bonchev–Trinajstić information content (AvgIpc) is 2.89. The number of anilines is 1. The lowest BCUT2D eigenvalue weighted by atomic mass is 9.59. The quantitative estimate of drug-likeness (QED) is 0.830. The van der Waals surface area contributed by atoms with E-state index in [1.54, 1.807) is 24.3 Å². The van der Waals surface area contributed by atoms with Gasteiger partial charge in [0.15, 0.2) is 0 Å². The molecule has 0 saturated heterocycles. The van der Waals surface area contributed by atoms with Crippen LogP contribution in [0.25, 0.3) is 0 Å². The summed E-state index contributed by atoms with van der Waals surface area (Å²) in [4.78, 5) is 25.7. The van der Waals surface area contributed by atoms with E-state index in [2.05, 4.69) is 5.32 Å². The molecule has 134 valence electrons. The predicted molar refractivity (Wildman–Crippen MR) is 101 cm³/mol. The Balaban J connectivity index is 1.99. The van der Waals surface area contributed by atoms with Crippen LogP contribution in [0.5, 0.6) is 0 Å². The zero-order valence-corrected chi connectivity index (χ0v) is 15.6. The second-order valence-corrected chi connectivity index (χ2v) is 7.66. The van der Waals surface area contributed by atoms with Crippen molar-refractivity contribution < 1.29 is 14.3 Å². The Morgan fingerprint density at radius 3 is 2.58 bits per heavy atom. The van der Waals surface area contributed by atoms with E-state index in [0.29, 0.717) is 15.7 Å². The van der Waals surface area contributed by atoms with E-state index in [0.717, 1.165) is 11.1 Å². The molecule has 2 aromatic rings. The number of nitrogens with one attached hydrogen (secondary N) is 1. The molecule has 1 aliphatic carbocycles. The van der Waals surface area contributed by atoms with Gasteiger partial charge in [-0.1, -0.05) is 35.3 Å². The Hall–Kier alpha value is -1.88. The van der Waals surface area contributed by atoms with Crippen molar-refractivity contribution in [3.8, 4) is 0 Å². The molecule has 1 spiro atoms. The van der Waals surface area contributed by atoms with E-state index in [-0.39, 0.29) is 30.4 Å². The summed E-state index contributed by atoms with van der Waals surface area (Å²) in [7, 11) is 1.54. The Labute approximate surface area is 161 Å². The fourth-order valence-corrected chi connectivity index (χ4v) is 4.79. The van der Waals surface area contributed by atoms with Crippen molar-refractivity contribution in [2.45, 2.75) is 30.3 Å². The van der Waals surface area contributed by atoms with Crippen molar-refractivity contribution in [1.82, 2.24) is 0 Å². The van der Waals surface area contributed by atoms with Gasteiger partial charge in [-0.05, 0) is 41.5 Å². The summed E-state index contributed by atoms with van der Waals surface area (Å²) in [6.45, 7) is 0. The summed E-state index contributed by atoms with van der Waals surface area (Å²) in [5.41, 5.74) is 1.31. The van der Waals surface area contributed by atoms with Crippen LogP contribution in [-0.4, -0.2) is 24.9 Å². The molecule has 1 fully saturated rings. The van der Waals surface area contributed by atoms with Crippen LogP contribution in [0.1, 0.15) is 29.9 Å². The molecule has 1 N–H and O–H groups in total. The van der Waals surface area contributed by atoms with Gasteiger partial charge in [-0.2, -0.15) is 0 Å². The van der Waals surface area contributed by atoms with Gasteiger partial charge in [0.25, 0.3) is 0 Å². The van der Waals surface area contributed by atoms with Crippen LogP contribution < -0.4 is 5.32 Å². The SMILES string of the molecule is CO[C@H]1CC(=O)C[C@@H](c2cccc(Cl)c2)[C@]12C(=O)Nc1ccc(Cl)cc12. The van der Waals surface area contributed by atoms with E-state index in [9.17, 15) is 9.59 Å². The minimum atomic E-state index is -1.02. The topological polar surface area (TPSA) is 55.4 Å². The number of halogens is 2. The third kappa shape index (κ3) is 2.48. The number of carbonyl (C=O) groups excluding carboxylic acids is 2. The van der Waals surface area contributed by atoms with Gasteiger partial charge in [0.05, 0.1) is 6.10 Å². The van der Waals surface area contributed by atoms with Gasteiger partial charge >= 0.3 is 0 Å². The summed E-state index contributed by atoms with van der Waals surface area (Å²) in [5, 5.41) is 4.06. The van der Waals surface area contributed by atoms with Crippen molar-refractivity contribution in [2.24, 2.45) is 0 Å². The number of rotatable bonds is 2. The number of Topliss-reactive ketones (excluding diaryl/α,β-unsaturated/α-hetero) is 1. The molecule has 2 aromatic carbocycles. The monoisotopic (exact) mass is 389 g/mol. The highest BCUT2D eigenvalue weighted by Gasteiger charge is 2.61. The van der Waals surface area contributed by atoms with E-state index in [1.807, 2.05) is 18.2 Å². The summed E-state index contributed by atoms with van der Waals surface area (Å²) in [5.74, 6) is -0.484. The van der Waals surface area contributed by atoms with Crippen molar-refractivity contribution in [3.63, 3.8) is 0 Å². The zero-order chi connectivity index (χ0) is 18.5. The maximum atomic E-state index is 13.3. The number of hydrogen-bond donors (Lipinski definition) is 1. The van der Waals surface area contributed by atoms with E-state index in [4.69, 9.17) is 27.9 Å². The molecule has 0 unspecified atom stereocenters. The molecule has 3 atom stereocenters. The third-order valence-electron chi connectivity index (χ3n) is 5.49. The van der Waals surface area contributed by atoms with Gasteiger partial charge < -0.3 is 10.1 Å². The lowest BCUT2D eigenvalue weighted by Crippen LogP contribution is -2.55. The number of amides is 1. The van der Waals surface area contributed by atoms with Gasteiger partial charge in [0.2, 0.25) is 5.91 Å². The maximum absolute atomic E-state index is 13.3. The number of methoxy groups -OCH3 is 1. The van der Waals surface area contributed by atoms with E-state index in [1.165, 1.54) is 7.11 Å². The second-order valence-electron chi connectivity index (χ2n) is 6.79. The van der Waals surface area contributed by atoms with Crippen molar-refractivity contribution in [3.05, 3.63) is 63.6 Å². The molecule has 0 aromatic heterocycles. The second kappa shape index (κ2) is 6.38. The number of fused-ring (bicyclic) bond motifs is 2.